The highest BCUT2D eigenvalue weighted by Crippen LogP contribution is 2.01. The molecule has 0 aliphatic carbocycles. The molecule has 0 saturated heterocycles. The van der Waals surface area contributed by atoms with E-state index in [2.05, 4.69) is 24.4 Å². The summed E-state index contributed by atoms with van der Waals surface area (Å²) in [6.45, 7) is 3.29. The summed E-state index contributed by atoms with van der Waals surface area (Å²) in [7, 11) is 0. The first kappa shape index (κ1) is 5.83. The first-order chi connectivity index (χ1) is 3.93. The van der Waals surface area contributed by atoms with Crippen LogP contribution in [0, 0.1) is 0 Å². The summed E-state index contributed by atoms with van der Waals surface area (Å²) >= 11 is 0. The highest BCUT2D eigenvalue weighted by Gasteiger charge is 2.04. The molecule has 0 aromatic heterocycles. The molecule has 1 aliphatic heterocycles. The summed E-state index contributed by atoms with van der Waals surface area (Å²) in [5, 5.41) is 3.35. The minimum absolute atomic E-state index is 0.681. The van der Waals surface area contributed by atoms with Crippen LogP contribution < -0.4 is 5.32 Å². The van der Waals surface area contributed by atoms with Crippen LogP contribution in [0.1, 0.15) is 19.8 Å². The molecule has 0 unspecified atom stereocenters. The van der Waals surface area contributed by atoms with Crippen molar-refractivity contribution in [2.45, 2.75) is 25.8 Å². The lowest BCUT2D eigenvalue weighted by molar-refractivity contribution is 0.607. The Morgan fingerprint density at radius 2 is 2.62 bits per heavy atom. The highest BCUT2D eigenvalue weighted by molar-refractivity contribution is 5.01. The third kappa shape index (κ3) is 1.34. The molecule has 0 aromatic carbocycles. The molecule has 1 atom stereocenters. The van der Waals surface area contributed by atoms with Crippen molar-refractivity contribution in [2.24, 2.45) is 0 Å². The fraction of sp³-hybridized carbons (Fsp3) is 0.714. The van der Waals surface area contributed by atoms with Gasteiger partial charge in [-0.1, -0.05) is 25.5 Å². The number of nitrogens with one attached hydrogen (secondary N) is 1. The maximum absolute atomic E-state index is 3.35. The van der Waals surface area contributed by atoms with E-state index in [1.165, 1.54) is 12.8 Å². The molecule has 0 aromatic rings. The van der Waals surface area contributed by atoms with Gasteiger partial charge in [-0.25, -0.2) is 0 Å². The lowest BCUT2D eigenvalue weighted by Gasteiger charge is -2.04. The van der Waals surface area contributed by atoms with E-state index in [0.29, 0.717) is 6.04 Å². The molecule has 1 rings (SSSR count). The Labute approximate surface area is 50.8 Å². The molecule has 0 amide bonds. The SMILES string of the molecule is CCC[C@H]1C=CCN1. The first-order valence-corrected chi connectivity index (χ1v) is 3.33. The Balaban J connectivity index is 2.16. The van der Waals surface area contributed by atoms with Crippen molar-refractivity contribution < 1.29 is 0 Å². The first-order valence-electron chi connectivity index (χ1n) is 3.33. The Kier molecular flexibility index (Phi) is 2.10. The van der Waals surface area contributed by atoms with E-state index in [4.69, 9.17) is 0 Å². The molecule has 0 fully saturated rings. The van der Waals surface area contributed by atoms with E-state index in [1.807, 2.05) is 0 Å². The molecule has 0 saturated carbocycles. The minimum Gasteiger partial charge on any atom is -0.307 e. The van der Waals surface area contributed by atoms with Crippen LogP contribution in [0.15, 0.2) is 12.2 Å². The summed E-state index contributed by atoms with van der Waals surface area (Å²) < 4.78 is 0. The van der Waals surface area contributed by atoms with Crippen LogP contribution in [-0.4, -0.2) is 12.6 Å². The molecule has 1 heteroatoms. The standard InChI is InChI=1S/C7H13N/c1-2-4-7-5-3-6-8-7/h3,5,7-8H,2,4,6H2,1H3/t7-/m0/s1. The third-order valence-electron chi connectivity index (χ3n) is 1.47. The molecule has 46 valence electrons. The van der Waals surface area contributed by atoms with Crippen molar-refractivity contribution in [3.8, 4) is 0 Å². The van der Waals surface area contributed by atoms with Crippen molar-refractivity contribution in [3.05, 3.63) is 12.2 Å². The lowest BCUT2D eigenvalue weighted by atomic mass is 10.2. The topological polar surface area (TPSA) is 12.0 Å². The van der Waals surface area contributed by atoms with Gasteiger partial charge in [-0.2, -0.15) is 0 Å². The van der Waals surface area contributed by atoms with Gasteiger partial charge in [0, 0.05) is 12.6 Å². The van der Waals surface area contributed by atoms with Gasteiger partial charge in [0.05, 0.1) is 0 Å². The smallest absolute Gasteiger partial charge is 0.0253 e. The summed E-state index contributed by atoms with van der Waals surface area (Å²) in [5.74, 6) is 0. The van der Waals surface area contributed by atoms with E-state index in [-0.39, 0.29) is 0 Å². The average molecular weight is 111 g/mol. The maximum atomic E-state index is 3.35. The predicted octanol–water partition coefficient (Wildman–Crippen LogP) is 1.31. The summed E-state index contributed by atoms with van der Waals surface area (Å²) in [6, 6.07) is 0.681. The van der Waals surface area contributed by atoms with Crippen molar-refractivity contribution >= 4 is 0 Å². The van der Waals surface area contributed by atoms with Gasteiger partial charge in [-0.05, 0) is 6.42 Å². The zero-order valence-electron chi connectivity index (χ0n) is 5.35. The molecule has 1 N–H and O–H groups in total. The largest absolute Gasteiger partial charge is 0.307 e. The Hall–Kier alpha value is -0.300. The third-order valence-corrected chi connectivity index (χ3v) is 1.47. The van der Waals surface area contributed by atoms with Crippen LogP contribution >= 0.6 is 0 Å². The normalized spacial score (nSPS) is 26.9. The van der Waals surface area contributed by atoms with Gasteiger partial charge >= 0.3 is 0 Å². The highest BCUT2D eigenvalue weighted by atomic mass is 14.9. The Morgan fingerprint density at radius 1 is 1.75 bits per heavy atom. The zero-order valence-corrected chi connectivity index (χ0v) is 5.35. The van der Waals surface area contributed by atoms with Crippen LogP contribution in [0.5, 0.6) is 0 Å². The second kappa shape index (κ2) is 2.88. The molecular formula is C7H13N. The molecule has 1 nitrogen and oxygen atoms in total. The van der Waals surface area contributed by atoms with E-state index in [9.17, 15) is 0 Å². The van der Waals surface area contributed by atoms with Crippen molar-refractivity contribution in [1.29, 1.82) is 0 Å². The maximum Gasteiger partial charge on any atom is 0.0253 e. The van der Waals surface area contributed by atoms with E-state index in [1.54, 1.807) is 0 Å². The predicted molar refractivity (Wildman–Crippen MR) is 35.8 cm³/mol. The molecule has 0 radical (unpaired) electrons. The average Bonchev–Trinajstić information content (AvgIpc) is 2.19. The fourth-order valence-electron chi connectivity index (χ4n) is 1.03. The van der Waals surface area contributed by atoms with Crippen molar-refractivity contribution in [3.63, 3.8) is 0 Å². The Bertz CT molecular complexity index is 86.4. The van der Waals surface area contributed by atoms with Crippen molar-refractivity contribution in [1.82, 2.24) is 5.32 Å². The van der Waals surface area contributed by atoms with Gasteiger partial charge in [-0.3, -0.25) is 0 Å². The molecule has 1 aliphatic rings. The van der Waals surface area contributed by atoms with E-state index in [0.717, 1.165) is 6.54 Å². The molecule has 0 spiro atoms. The second-order valence-corrected chi connectivity index (χ2v) is 2.23. The summed E-state index contributed by atoms with van der Waals surface area (Å²) in [4.78, 5) is 0. The molecule has 1 heterocycles. The molecule has 0 bridgehead atoms. The zero-order chi connectivity index (χ0) is 5.82. The van der Waals surface area contributed by atoms with E-state index >= 15 is 0 Å². The van der Waals surface area contributed by atoms with Crippen LogP contribution in [0.4, 0.5) is 0 Å². The Morgan fingerprint density at radius 3 is 3.12 bits per heavy atom. The van der Waals surface area contributed by atoms with E-state index < -0.39 is 0 Å². The van der Waals surface area contributed by atoms with Gasteiger partial charge in [0.1, 0.15) is 0 Å². The van der Waals surface area contributed by atoms with Crippen LogP contribution in [0.2, 0.25) is 0 Å². The quantitative estimate of drug-likeness (QED) is 0.530. The number of rotatable bonds is 2. The summed E-state index contributed by atoms with van der Waals surface area (Å²) in [6.07, 6.45) is 7.02. The van der Waals surface area contributed by atoms with Gasteiger partial charge < -0.3 is 5.32 Å². The number of hydrogen-bond donors (Lipinski definition) is 1. The number of hydrogen-bond acceptors (Lipinski definition) is 1. The van der Waals surface area contributed by atoms with Crippen molar-refractivity contribution in [2.75, 3.05) is 6.54 Å². The van der Waals surface area contributed by atoms with Crippen LogP contribution in [0.3, 0.4) is 0 Å². The van der Waals surface area contributed by atoms with Gasteiger partial charge in [0.15, 0.2) is 0 Å². The second-order valence-electron chi connectivity index (χ2n) is 2.23. The molecular weight excluding hydrogens is 98.1 g/mol. The fourth-order valence-corrected chi connectivity index (χ4v) is 1.03. The van der Waals surface area contributed by atoms with Gasteiger partial charge in [0.2, 0.25) is 0 Å². The minimum atomic E-state index is 0.681. The monoisotopic (exact) mass is 111 g/mol. The van der Waals surface area contributed by atoms with Crippen LogP contribution in [0.25, 0.3) is 0 Å². The molecule has 8 heavy (non-hydrogen) atoms. The van der Waals surface area contributed by atoms with Gasteiger partial charge in [-0.15, -0.1) is 0 Å². The lowest BCUT2D eigenvalue weighted by Crippen LogP contribution is -2.21. The summed E-state index contributed by atoms with van der Waals surface area (Å²) in [5.41, 5.74) is 0. The van der Waals surface area contributed by atoms with Crippen LogP contribution in [-0.2, 0) is 0 Å². The van der Waals surface area contributed by atoms with Gasteiger partial charge in [0.25, 0.3) is 0 Å².